The quantitative estimate of drug-likeness (QED) is 0.711. The van der Waals surface area contributed by atoms with E-state index in [1.165, 1.54) is 17.5 Å². The molecule has 5 rings (SSSR count). The van der Waals surface area contributed by atoms with Gasteiger partial charge in [-0.1, -0.05) is 25.1 Å². The molecule has 1 heterocycles. The van der Waals surface area contributed by atoms with Crippen molar-refractivity contribution in [1.82, 2.24) is 4.90 Å². The minimum atomic E-state index is -1.43. The van der Waals surface area contributed by atoms with E-state index in [0.29, 0.717) is 47.8 Å². The topological polar surface area (TPSA) is 77.8 Å². The molecule has 1 aliphatic heterocycles. The summed E-state index contributed by atoms with van der Waals surface area (Å²) in [5.41, 5.74) is 2.91. The van der Waals surface area contributed by atoms with Gasteiger partial charge in [-0.05, 0) is 91.6 Å². The van der Waals surface area contributed by atoms with Crippen molar-refractivity contribution in [2.24, 2.45) is 23.2 Å². The Bertz CT molecular complexity index is 896. The minimum absolute atomic E-state index is 0.237. The maximum Gasteiger partial charge on any atom is 0.488 e. The number of carbonyl (C=O) groups is 2. The first-order valence-corrected chi connectivity index (χ1v) is 12.7. The lowest BCUT2D eigenvalue weighted by atomic mass is 9.53. The fourth-order valence-electron chi connectivity index (χ4n) is 7.70. The average Bonchev–Trinajstić information content (AvgIpc) is 3.07. The highest BCUT2D eigenvalue weighted by Gasteiger charge is 2.58. The molecule has 4 aliphatic rings. The van der Waals surface area contributed by atoms with Gasteiger partial charge >= 0.3 is 7.12 Å². The highest BCUT2D eigenvalue weighted by atomic mass is 16.4. The summed E-state index contributed by atoms with van der Waals surface area (Å²) in [4.78, 5) is 28.0. The Balaban J connectivity index is 1.35. The number of Topliss-reactive ketones (excluding diaryl/α,β-unsaturated/α-hetero) is 1. The van der Waals surface area contributed by atoms with Gasteiger partial charge in [0.05, 0.1) is 0 Å². The maximum absolute atomic E-state index is 13.2. The molecule has 32 heavy (non-hydrogen) atoms. The zero-order chi connectivity index (χ0) is 22.5. The van der Waals surface area contributed by atoms with Gasteiger partial charge < -0.3 is 14.9 Å². The molecule has 6 heteroatoms. The highest BCUT2D eigenvalue weighted by molar-refractivity contribution is 6.58. The van der Waals surface area contributed by atoms with Gasteiger partial charge in [0.2, 0.25) is 5.91 Å². The molecular formula is C26H36BNO4. The molecule has 3 fully saturated rings. The number of likely N-dealkylation sites (tertiary alicyclic amines) is 1. The maximum atomic E-state index is 13.2. The Kier molecular flexibility index (Phi) is 5.96. The number of fused-ring (bicyclic) bond motifs is 5. The molecule has 3 aliphatic carbocycles. The Morgan fingerprint density at radius 1 is 1.19 bits per heavy atom. The van der Waals surface area contributed by atoms with E-state index < -0.39 is 7.12 Å². The standard InChI is InChI=1S/C26H36BNO4/c1-26-12-11-21-20-9-7-19(27(31)32)15-17(20)5-8-22(21)25(26)18(16-23(26)29)6-10-24(30)28-13-3-2-4-14-28/h7,9,15,18,21-22,25,31-32H,2-6,8,10-14,16H2,1H3/t18-,21-,22-,25+,26-/m1/s1. The van der Waals surface area contributed by atoms with Crippen LogP contribution in [0, 0.1) is 23.2 Å². The van der Waals surface area contributed by atoms with Crippen LogP contribution in [0.3, 0.4) is 0 Å². The molecule has 0 aromatic heterocycles. The number of nitrogens with zero attached hydrogens (tertiary/aromatic N) is 1. The summed E-state index contributed by atoms with van der Waals surface area (Å²) in [5, 5.41) is 19.1. The number of hydrogen-bond acceptors (Lipinski definition) is 4. The molecule has 1 aromatic rings. The second kappa shape index (κ2) is 8.60. The van der Waals surface area contributed by atoms with Gasteiger partial charge in [0, 0.05) is 31.3 Å². The van der Waals surface area contributed by atoms with E-state index in [1.54, 1.807) is 0 Å². The molecule has 5 nitrogen and oxygen atoms in total. The van der Waals surface area contributed by atoms with Crippen LogP contribution in [0.1, 0.15) is 81.8 Å². The van der Waals surface area contributed by atoms with Crippen molar-refractivity contribution in [2.75, 3.05) is 13.1 Å². The van der Waals surface area contributed by atoms with Crippen LogP contribution >= 0.6 is 0 Å². The Morgan fingerprint density at radius 3 is 2.72 bits per heavy atom. The fourth-order valence-corrected chi connectivity index (χ4v) is 7.70. The van der Waals surface area contributed by atoms with Crippen LogP contribution in [0.5, 0.6) is 0 Å². The van der Waals surface area contributed by atoms with Crippen molar-refractivity contribution in [2.45, 2.75) is 77.0 Å². The number of amides is 1. The predicted octanol–water partition coefficient (Wildman–Crippen LogP) is 2.81. The number of hydrogen-bond donors (Lipinski definition) is 2. The summed E-state index contributed by atoms with van der Waals surface area (Å²) in [7, 11) is -1.43. The third kappa shape index (κ3) is 3.73. The Morgan fingerprint density at radius 2 is 1.97 bits per heavy atom. The molecule has 0 bridgehead atoms. The van der Waals surface area contributed by atoms with Gasteiger partial charge in [0.25, 0.3) is 0 Å². The predicted molar refractivity (Wildman–Crippen MR) is 124 cm³/mol. The van der Waals surface area contributed by atoms with Crippen molar-refractivity contribution in [3.8, 4) is 0 Å². The molecule has 0 spiro atoms. The van der Waals surface area contributed by atoms with E-state index in [1.807, 2.05) is 17.0 Å². The van der Waals surface area contributed by atoms with Crippen LogP contribution < -0.4 is 5.46 Å². The summed E-state index contributed by atoms with van der Waals surface area (Å²) in [6.07, 6.45) is 9.45. The number of piperidine rings is 1. The summed E-state index contributed by atoms with van der Waals surface area (Å²) in [6, 6.07) is 5.89. The second-order valence-electron chi connectivity index (χ2n) is 11.0. The smallest absolute Gasteiger partial charge is 0.423 e. The number of aryl methyl sites for hydroxylation is 1. The third-order valence-corrected chi connectivity index (χ3v) is 9.33. The van der Waals surface area contributed by atoms with E-state index in [-0.39, 0.29) is 11.3 Å². The average molecular weight is 437 g/mol. The van der Waals surface area contributed by atoms with Crippen LogP contribution in [0.25, 0.3) is 0 Å². The first-order valence-electron chi connectivity index (χ1n) is 12.7. The van der Waals surface area contributed by atoms with Crippen LogP contribution in [-0.2, 0) is 16.0 Å². The van der Waals surface area contributed by atoms with Gasteiger partial charge in [0.15, 0.2) is 0 Å². The molecule has 0 radical (unpaired) electrons. The van der Waals surface area contributed by atoms with Crippen LogP contribution in [0.2, 0.25) is 0 Å². The molecule has 172 valence electrons. The summed E-state index contributed by atoms with van der Waals surface area (Å²) < 4.78 is 0. The number of rotatable bonds is 4. The number of benzene rings is 1. The second-order valence-corrected chi connectivity index (χ2v) is 11.0. The molecule has 5 atom stereocenters. The molecule has 2 saturated carbocycles. The molecular weight excluding hydrogens is 401 g/mol. The molecule has 1 amide bonds. The Hall–Kier alpha value is -1.66. The van der Waals surface area contributed by atoms with E-state index >= 15 is 0 Å². The normalized spacial score (nSPS) is 34.0. The van der Waals surface area contributed by atoms with Crippen LogP contribution in [0.4, 0.5) is 0 Å². The minimum Gasteiger partial charge on any atom is -0.423 e. The zero-order valence-electron chi connectivity index (χ0n) is 19.3. The fraction of sp³-hybridized carbons (Fsp3) is 0.692. The van der Waals surface area contributed by atoms with Crippen molar-refractivity contribution >= 4 is 24.3 Å². The number of ketones is 1. The van der Waals surface area contributed by atoms with Gasteiger partial charge in [-0.2, -0.15) is 0 Å². The van der Waals surface area contributed by atoms with E-state index in [2.05, 4.69) is 13.0 Å². The lowest BCUT2D eigenvalue weighted by Gasteiger charge is -2.50. The van der Waals surface area contributed by atoms with Crippen molar-refractivity contribution in [3.05, 3.63) is 29.3 Å². The first kappa shape index (κ1) is 22.2. The largest absolute Gasteiger partial charge is 0.488 e. The third-order valence-electron chi connectivity index (χ3n) is 9.33. The lowest BCUT2D eigenvalue weighted by molar-refractivity contribution is -0.132. The van der Waals surface area contributed by atoms with E-state index in [0.717, 1.165) is 58.0 Å². The van der Waals surface area contributed by atoms with Gasteiger partial charge in [0.1, 0.15) is 5.78 Å². The summed E-state index contributed by atoms with van der Waals surface area (Å²) in [5.74, 6) is 2.29. The first-order chi connectivity index (χ1) is 15.4. The Labute approximate surface area is 191 Å². The molecule has 1 aromatic carbocycles. The molecule has 0 unspecified atom stereocenters. The van der Waals surface area contributed by atoms with Crippen LogP contribution in [0.15, 0.2) is 18.2 Å². The SMILES string of the molecule is C[C@]12CC[C@@H]3c4ccc(B(O)O)cc4CC[C@H]3[C@@H]1[C@H](CCC(=O)N1CCCCC1)CC2=O. The monoisotopic (exact) mass is 437 g/mol. The molecule has 2 N–H and O–H groups in total. The summed E-state index contributed by atoms with van der Waals surface area (Å²) in [6.45, 7) is 3.99. The highest BCUT2D eigenvalue weighted by Crippen LogP contribution is 2.62. The van der Waals surface area contributed by atoms with Gasteiger partial charge in [-0.25, -0.2) is 0 Å². The van der Waals surface area contributed by atoms with E-state index in [4.69, 9.17) is 0 Å². The van der Waals surface area contributed by atoms with E-state index in [9.17, 15) is 19.6 Å². The van der Waals surface area contributed by atoms with Crippen molar-refractivity contribution < 1.29 is 19.6 Å². The molecule has 1 saturated heterocycles. The van der Waals surface area contributed by atoms with Gasteiger partial charge in [-0.15, -0.1) is 0 Å². The van der Waals surface area contributed by atoms with Crippen molar-refractivity contribution in [1.29, 1.82) is 0 Å². The summed E-state index contributed by atoms with van der Waals surface area (Å²) >= 11 is 0. The van der Waals surface area contributed by atoms with Crippen molar-refractivity contribution in [3.63, 3.8) is 0 Å². The lowest BCUT2D eigenvalue weighted by Crippen LogP contribution is -2.44. The van der Waals surface area contributed by atoms with Crippen LogP contribution in [-0.4, -0.2) is 46.8 Å². The number of carbonyl (C=O) groups excluding carboxylic acids is 2. The van der Waals surface area contributed by atoms with Gasteiger partial charge in [-0.3, -0.25) is 9.59 Å². The zero-order valence-corrected chi connectivity index (χ0v) is 19.3.